The fourth-order valence-corrected chi connectivity index (χ4v) is 14.5. The predicted octanol–water partition coefficient (Wildman–Crippen LogP) is 4.60. The van der Waals surface area contributed by atoms with Gasteiger partial charge in [0, 0.05) is 0 Å². The molecule has 113 valence electrons. The van der Waals surface area contributed by atoms with E-state index >= 15 is 0 Å². The van der Waals surface area contributed by atoms with Crippen LogP contribution >= 0.6 is 24.8 Å². The van der Waals surface area contributed by atoms with Crippen molar-refractivity contribution in [3.05, 3.63) is 21.6 Å². The third kappa shape index (κ3) is 6.50. The van der Waals surface area contributed by atoms with Gasteiger partial charge in [-0.2, -0.15) is 0 Å². The normalized spacial score (nSPS) is 18.4. The molecule has 1 aliphatic rings. The summed E-state index contributed by atoms with van der Waals surface area (Å²) in [4.78, 5) is 0. The summed E-state index contributed by atoms with van der Waals surface area (Å²) >= 11 is -1.22. The van der Waals surface area contributed by atoms with Gasteiger partial charge in [-0.1, -0.05) is 0 Å². The molecule has 0 aromatic rings. The minimum absolute atomic E-state index is 0. The number of hydrogen-bond acceptors (Lipinski definition) is 1. The van der Waals surface area contributed by atoms with Crippen LogP contribution in [0, 0.1) is 5.92 Å². The zero-order valence-electron chi connectivity index (χ0n) is 13.3. The molecular formula is C14H30Cl2NSiTi. The Morgan fingerprint density at radius 3 is 2.16 bits per heavy atom. The van der Waals surface area contributed by atoms with Crippen molar-refractivity contribution < 1.29 is 17.4 Å². The number of rotatable bonds is 4. The molecule has 19 heavy (non-hydrogen) atoms. The first-order valence-corrected chi connectivity index (χ1v) is 14.0. The van der Waals surface area contributed by atoms with E-state index in [0.717, 1.165) is 0 Å². The van der Waals surface area contributed by atoms with Crippen LogP contribution in [0.5, 0.6) is 0 Å². The van der Waals surface area contributed by atoms with Gasteiger partial charge in [0.25, 0.3) is 0 Å². The van der Waals surface area contributed by atoms with Gasteiger partial charge in [0.1, 0.15) is 0 Å². The Morgan fingerprint density at radius 1 is 1.26 bits per heavy atom. The molecule has 0 bridgehead atoms. The molecule has 0 fully saturated rings. The first-order valence-electron chi connectivity index (χ1n) is 6.83. The van der Waals surface area contributed by atoms with Crippen molar-refractivity contribution in [2.24, 2.45) is 5.92 Å². The fraction of sp³-hybridized carbons (Fsp3) is 0.714. The molecule has 0 aromatic carbocycles. The third-order valence-electron chi connectivity index (χ3n) is 3.15. The van der Waals surface area contributed by atoms with E-state index in [0.29, 0.717) is 5.92 Å². The maximum atomic E-state index is 4.02. The van der Waals surface area contributed by atoms with Crippen LogP contribution in [0.3, 0.4) is 0 Å². The Bertz CT molecular complexity index is 335. The average molecular weight is 359 g/mol. The van der Waals surface area contributed by atoms with Crippen LogP contribution in [0.25, 0.3) is 0 Å². The van der Waals surface area contributed by atoms with E-state index in [2.05, 4.69) is 63.7 Å². The summed E-state index contributed by atoms with van der Waals surface area (Å²) in [5.74, 6) is 0.699. The van der Waals surface area contributed by atoms with Gasteiger partial charge in [-0.05, 0) is 0 Å². The largest absolute Gasteiger partial charge is 0.147 e. The van der Waals surface area contributed by atoms with Crippen molar-refractivity contribution in [2.45, 2.75) is 59.7 Å². The molecule has 0 saturated carbocycles. The monoisotopic (exact) mass is 358 g/mol. The molecule has 1 atom stereocenters. The molecule has 0 aliphatic heterocycles. The Hall–Kier alpha value is 0.951. The van der Waals surface area contributed by atoms with E-state index < -0.39 is 24.0 Å². The van der Waals surface area contributed by atoms with Gasteiger partial charge >= 0.3 is 115 Å². The van der Waals surface area contributed by atoms with E-state index in [1.54, 1.807) is 5.57 Å². The van der Waals surface area contributed by atoms with Crippen molar-refractivity contribution in [3.63, 3.8) is 0 Å². The van der Waals surface area contributed by atoms with Gasteiger partial charge in [-0.15, -0.1) is 24.8 Å². The standard InChI is InChI=1S/C8H11.C4H10N.C2H7Si.2ClH.Ti/c1-3-8-5-4-7(2)6-8;1-4(2,3)5;1-3-2;;;/h4-5,7H,3H2,1-2H3;5H,1-3H3;3H,1-2H3;2*1H;/q;-1;;;;+1. The van der Waals surface area contributed by atoms with E-state index in [1.165, 1.54) is 6.42 Å². The minimum Gasteiger partial charge on any atom is -0.147 e. The second kappa shape index (κ2) is 9.07. The summed E-state index contributed by atoms with van der Waals surface area (Å²) in [6, 6.07) is 0. The Morgan fingerprint density at radius 2 is 1.79 bits per heavy atom. The van der Waals surface area contributed by atoms with Crippen molar-refractivity contribution in [3.8, 4) is 0 Å². The van der Waals surface area contributed by atoms with Crippen LogP contribution < -0.4 is 3.80 Å². The topological polar surface area (TPSA) is 12.0 Å². The van der Waals surface area contributed by atoms with Gasteiger partial charge in [-0.3, -0.25) is 0 Å². The van der Waals surface area contributed by atoms with Crippen LogP contribution in [0.15, 0.2) is 21.6 Å². The summed E-state index contributed by atoms with van der Waals surface area (Å²) in [5, 5.41) is 0. The number of hydrogen-bond donors (Lipinski definition) is 1. The first-order chi connectivity index (χ1) is 7.76. The number of nitrogens with one attached hydrogen (secondary N) is 1. The predicted molar refractivity (Wildman–Crippen MR) is 91.9 cm³/mol. The van der Waals surface area contributed by atoms with Gasteiger partial charge in [0.05, 0.1) is 0 Å². The molecule has 1 nitrogen and oxygen atoms in total. The van der Waals surface area contributed by atoms with Gasteiger partial charge in [-0.25, -0.2) is 0 Å². The van der Waals surface area contributed by atoms with Crippen LogP contribution in [0.2, 0.25) is 13.1 Å². The second-order valence-corrected chi connectivity index (χ2v) is 19.0. The molecule has 0 radical (unpaired) electrons. The van der Waals surface area contributed by atoms with E-state index in [4.69, 9.17) is 0 Å². The summed E-state index contributed by atoms with van der Waals surface area (Å²) in [5.41, 5.74) is 1.92. The molecule has 1 rings (SSSR count). The van der Waals surface area contributed by atoms with Crippen molar-refractivity contribution in [1.82, 2.24) is 3.80 Å². The van der Waals surface area contributed by atoms with E-state index in [9.17, 15) is 0 Å². The van der Waals surface area contributed by atoms with E-state index in [1.807, 2.05) is 3.88 Å². The molecule has 1 N–H and O–H groups in total. The van der Waals surface area contributed by atoms with Crippen LogP contribution in [-0.2, 0) is 17.4 Å². The fourth-order valence-electron chi connectivity index (χ4n) is 2.39. The molecule has 0 spiro atoms. The number of allylic oxidation sites excluding steroid dienone is 4. The quantitative estimate of drug-likeness (QED) is 0.723. The molecule has 0 amide bonds. The van der Waals surface area contributed by atoms with Crippen molar-refractivity contribution in [1.29, 1.82) is 0 Å². The third-order valence-corrected chi connectivity index (χ3v) is 15.3. The Labute approximate surface area is 139 Å². The molecule has 0 saturated heterocycles. The molecule has 0 heterocycles. The second-order valence-electron chi connectivity index (χ2n) is 6.38. The Kier molecular flexibility index (Phi) is 10.6. The summed E-state index contributed by atoms with van der Waals surface area (Å²) < 4.78 is 5.86. The first kappa shape index (κ1) is 22.2. The van der Waals surface area contributed by atoms with Gasteiger partial charge < -0.3 is 0 Å². The van der Waals surface area contributed by atoms with Crippen LogP contribution in [-0.4, -0.2) is 12.2 Å². The number of halogens is 2. The zero-order chi connectivity index (χ0) is 13.2. The maximum absolute atomic E-state index is 4.02. The van der Waals surface area contributed by atoms with Gasteiger partial charge in [0.2, 0.25) is 0 Å². The summed E-state index contributed by atoms with van der Waals surface area (Å²) in [6.07, 6.45) is 6.00. The molecule has 1 aliphatic carbocycles. The zero-order valence-corrected chi connectivity index (χ0v) is 17.7. The smallest absolute Gasteiger partial charge is 0.147 e. The SMILES string of the molecule is CCC1=[C]([Ti]([NH]C(C)(C)C)[SiH](C)C)C(C)C=C1.Cl.Cl. The maximum Gasteiger partial charge on any atom is -0.147 e. The molecule has 5 heteroatoms. The summed E-state index contributed by atoms with van der Waals surface area (Å²) in [6.45, 7) is 16.1. The molecule has 1 unspecified atom stereocenters. The van der Waals surface area contributed by atoms with Crippen LogP contribution in [0.4, 0.5) is 0 Å². The van der Waals surface area contributed by atoms with Crippen LogP contribution in [0.1, 0.15) is 41.0 Å². The van der Waals surface area contributed by atoms with E-state index in [-0.39, 0.29) is 30.4 Å². The molecule has 0 aromatic heterocycles. The average Bonchev–Trinajstić information content (AvgIpc) is 2.54. The Balaban J connectivity index is 0. The van der Waals surface area contributed by atoms with Crippen molar-refractivity contribution >= 4 is 31.5 Å². The molecular weight excluding hydrogens is 329 g/mol. The van der Waals surface area contributed by atoms with Crippen molar-refractivity contribution in [2.75, 3.05) is 0 Å². The van der Waals surface area contributed by atoms with Gasteiger partial charge in [0.15, 0.2) is 0 Å². The minimum atomic E-state index is -1.22. The summed E-state index contributed by atoms with van der Waals surface area (Å²) in [7, 11) is 0.